The second-order valence-electron chi connectivity index (χ2n) is 4.14. The number of nitrogens with one attached hydrogen (secondary N) is 1. The first kappa shape index (κ1) is 12.5. The van der Waals surface area contributed by atoms with Gasteiger partial charge in [-0.15, -0.1) is 11.3 Å². The van der Waals surface area contributed by atoms with Crippen LogP contribution in [0.15, 0.2) is 13.6 Å². The molecule has 0 aromatic carbocycles. The number of rotatable bonds is 3. The van der Waals surface area contributed by atoms with Gasteiger partial charge in [0, 0.05) is 12.1 Å². The molecule has 0 radical (unpaired) electrons. The molecule has 0 unspecified atom stereocenters. The monoisotopic (exact) mass is 366 g/mol. The van der Waals surface area contributed by atoms with Crippen molar-refractivity contribution < 1.29 is 4.79 Å². The molecular weight excluding hydrogens is 356 g/mol. The lowest BCUT2D eigenvalue weighted by atomic mass is 9.78. The van der Waals surface area contributed by atoms with Crippen molar-refractivity contribution in [1.82, 2.24) is 5.32 Å². The number of carbonyl (C=O) groups is 1. The molecule has 1 saturated carbocycles. The third kappa shape index (κ3) is 2.67. The van der Waals surface area contributed by atoms with Crippen molar-refractivity contribution in [1.29, 1.82) is 0 Å². The molecule has 1 aliphatic rings. The van der Waals surface area contributed by atoms with Gasteiger partial charge < -0.3 is 11.1 Å². The molecular formula is C10H12Br2N2OS. The summed E-state index contributed by atoms with van der Waals surface area (Å²) >= 11 is 8.21. The fraction of sp³-hybridized carbons (Fsp3) is 0.500. The van der Waals surface area contributed by atoms with Gasteiger partial charge in [0.1, 0.15) is 0 Å². The summed E-state index contributed by atoms with van der Waals surface area (Å²) < 4.78 is 1.78. The highest BCUT2D eigenvalue weighted by Crippen LogP contribution is 2.32. The lowest BCUT2D eigenvalue weighted by Crippen LogP contribution is -2.54. The van der Waals surface area contributed by atoms with E-state index >= 15 is 0 Å². The Kier molecular flexibility index (Phi) is 3.73. The van der Waals surface area contributed by atoms with E-state index in [0.29, 0.717) is 12.1 Å². The van der Waals surface area contributed by atoms with Crippen LogP contribution in [0.5, 0.6) is 0 Å². The third-order valence-electron chi connectivity index (χ3n) is 2.85. The van der Waals surface area contributed by atoms with Crippen LogP contribution in [0.4, 0.5) is 0 Å². The lowest BCUT2D eigenvalue weighted by molar-refractivity contribution is 0.0929. The highest BCUT2D eigenvalue weighted by atomic mass is 79.9. The summed E-state index contributed by atoms with van der Waals surface area (Å²) in [6.45, 7) is 0.561. The maximum absolute atomic E-state index is 11.9. The molecule has 1 heterocycles. The predicted molar refractivity (Wildman–Crippen MR) is 72.8 cm³/mol. The molecule has 1 aliphatic carbocycles. The van der Waals surface area contributed by atoms with Crippen molar-refractivity contribution in [2.24, 2.45) is 5.73 Å². The summed E-state index contributed by atoms with van der Waals surface area (Å²) in [7, 11) is 0. The Labute approximate surface area is 115 Å². The number of carbonyl (C=O) groups excluding carboxylic acids is 1. The van der Waals surface area contributed by atoms with Crippen LogP contribution in [0.1, 0.15) is 29.6 Å². The first-order chi connectivity index (χ1) is 7.50. The van der Waals surface area contributed by atoms with Gasteiger partial charge in [0.15, 0.2) is 0 Å². The lowest BCUT2D eigenvalue weighted by Gasteiger charge is -2.38. The Balaban J connectivity index is 1.95. The van der Waals surface area contributed by atoms with Gasteiger partial charge in [-0.05, 0) is 57.2 Å². The van der Waals surface area contributed by atoms with E-state index in [1.165, 1.54) is 17.8 Å². The summed E-state index contributed by atoms with van der Waals surface area (Å²) in [4.78, 5) is 11.9. The second-order valence-corrected chi connectivity index (χ2v) is 7.89. The van der Waals surface area contributed by atoms with E-state index in [1.54, 1.807) is 0 Å². The minimum Gasteiger partial charge on any atom is -0.350 e. The smallest absolute Gasteiger partial charge is 0.253 e. The highest BCUT2D eigenvalue weighted by Gasteiger charge is 2.32. The Hall–Kier alpha value is 0.0900. The molecule has 1 aromatic rings. The van der Waals surface area contributed by atoms with Crippen LogP contribution in [-0.4, -0.2) is 18.0 Å². The van der Waals surface area contributed by atoms with E-state index in [-0.39, 0.29) is 11.4 Å². The highest BCUT2D eigenvalue weighted by molar-refractivity contribution is 9.12. The van der Waals surface area contributed by atoms with Gasteiger partial charge in [-0.2, -0.15) is 0 Å². The summed E-state index contributed by atoms with van der Waals surface area (Å²) in [6.07, 6.45) is 3.17. The zero-order chi connectivity index (χ0) is 11.8. The Morgan fingerprint density at radius 2 is 2.25 bits per heavy atom. The fourth-order valence-corrected chi connectivity index (χ4v) is 4.45. The van der Waals surface area contributed by atoms with E-state index in [2.05, 4.69) is 37.2 Å². The summed E-state index contributed by atoms with van der Waals surface area (Å²) in [5, 5.41) is 2.89. The Morgan fingerprint density at radius 1 is 1.56 bits per heavy atom. The second kappa shape index (κ2) is 4.76. The number of thiophene rings is 1. The first-order valence-corrected chi connectivity index (χ1v) is 7.42. The van der Waals surface area contributed by atoms with Gasteiger partial charge in [-0.3, -0.25) is 4.79 Å². The van der Waals surface area contributed by atoms with E-state index in [1.807, 2.05) is 6.07 Å². The fourth-order valence-electron chi connectivity index (χ4n) is 1.65. The van der Waals surface area contributed by atoms with Gasteiger partial charge in [-0.25, -0.2) is 0 Å². The van der Waals surface area contributed by atoms with Gasteiger partial charge in [0.25, 0.3) is 5.91 Å². The van der Waals surface area contributed by atoms with Gasteiger partial charge >= 0.3 is 0 Å². The molecule has 3 nitrogen and oxygen atoms in total. The Morgan fingerprint density at radius 3 is 2.69 bits per heavy atom. The van der Waals surface area contributed by atoms with E-state index < -0.39 is 0 Å². The zero-order valence-electron chi connectivity index (χ0n) is 8.56. The molecule has 2 rings (SSSR count). The number of hydrogen-bond donors (Lipinski definition) is 2. The number of halogens is 2. The molecule has 3 N–H and O–H groups in total. The Bertz CT molecular complexity index is 415. The minimum atomic E-state index is -0.171. The number of amides is 1. The summed E-state index contributed by atoms with van der Waals surface area (Å²) in [5.74, 6) is -0.0643. The SMILES string of the molecule is NC1(CNC(=O)c2cc(Br)sc2Br)CCC1. The molecule has 0 bridgehead atoms. The molecule has 6 heteroatoms. The molecule has 1 amide bonds. The van der Waals surface area contributed by atoms with Gasteiger partial charge in [-0.1, -0.05) is 0 Å². The topological polar surface area (TPSA) is 55.1 Å². The zero-order valence-corrected chi connectivity index (χ0v) is 12.5. The molecule has 88 valence electrons. The molecule has 1 fully saturated rings. The molecule has 0 atom stereocenters. The van der Waals surface area contributed by atoms with Crippen molar-refractivity contribution in [3.05, 3.63) is 19.2 Å². The predicted octanol–water partition coefficient (Wildman–Crippen LogP) is 2.88. The van der Waals surface area contributed by atoms with Crippen molar-refractivity contribution in [3.8, 4) is 0 Å². The molecule has 1 aromatic heterocycles. The average molecular weight is 368 g/mol. The van der Waals surface area contributed by atoms with E-state index in [0.717, 1.165) is 20.4 Å². The normalized spacial score (nSPS) is 17.9. The number of nitrogens with two attached hydrogens (primary N) is 1. The standard InChI is InChI=1S/C10H12Br2N2OS/c11-7-4-6(8(12)16-7)9(15)14-5-10(13)2-1-3-10/h4H,1-3,5,13H2,(H,14,15). The molecule has 0 saturated heterocycles. The number of hydrogen-bond acceptors (Lipinski definition) is 3. The van der Waals surface area contributed by atoms with Crippen LogP contribution in [0.2, 0.25) is 0 Å². The van der Waals surface area contributed by atoms with Crippen LogP contribution in [0.25, 0.3) is 0 Å². The van der Waals surface area contributed by atoms with Gasteiger partial charge in [0.05, 0.1) is 13.1 Å². The largest absolute Gasteiger partial charge is 0.350 e. The van der Waals surface area contributed by atoms with Crippen LogP contribution in [0, 0.1) is 0 Å². The quantitative estimate of drug-likeness (QED) is 0.862. The van der Waals surface area contributed by atoms with Crippen molar-refractivity contribution in [2.75, 3.05) is 6.54 Å². The van der Waals surface area contributed by atoms with Gasteiger partial charge in [0.2, 0.25) is 0 Å². The van der Waals surface area contributed by atoms with E-state index in [4.69, 9.17) is 5.73 Å². The van der Waals surface area contributed by atoms with Crippen LogP contribution in [-0.2, 0) is 0 Å². The van der Waals surface area contributed by atoms with Crippen molar-refractivity contribution in [3.63, 3.8) is 0 Å². The molecule has 16 heavy (non-hydrogen) atoms. The van der Waals surface area contributed by atoms with Crippen molar-refractivity contribution in [2.45, 2.75) is 24.8 Å². The van der Waals surface area contributed by atoms with Crippen LogP contribution < -0.4 is 11.1 Å². The summed E-state index contributed by atoms with van der Waals surface area (Å²) in [5.41, 5.74) is 6.53. The molecule has 0 aliphatic heterocycles. The maximum Gasteiger partial charge on any atom is 0.253 e. The van der Waals surface area contributed by atoms with Crippen LogP contribution >= 0.6 is 43.2 Å². The third-order valence-corrected chi connectivity index (χ3v) is 5.19. The maximum atomic E-state index is 11.9. The van der Waals surface area contributed by atoms with Crippen LogP contribution in [0.3, 0.4) is 0 Å². The average Bonchev–Trinajstić information content (AvgIpc) is 2.51. The summed E-state index contributed by atoms with van der Waals surface area (Å²) in [6, 6.07) is 1.81. The van der Waals surface area contributed by atoms with E-state index in [9.17, 15) is 4.79 Å². The molecule has 0 spiro atoms. The minimum absolute atomic E-state index is 0.0643. The van der Waals surface area contributed by atoms with Crippen molar-refractivity contribution >= 4 is 49.1 Å². The first-order valence-electron chi connectivity index (χ1n) is 5.02.